The van der Waals surface area contributed by atoms with Crippen molar-refractivity contribution in [2.24, 2.45) is 0 Å². The average molecular weight is 280 g/mol. The van der Waals surface area contributed by atoms with Gasteiger partial charge in [-0.1, -0.05) is 29.8 Å². The van der Waals surface area contributed by atoms with E-state index in [2.05, 4.69) is 26.9 Å². The molecule has 0 aliphatic heterocycles. The minimum atomic E-state index is -0.227. The fourth-order valence-electron chi connectivity index (χ4n) is 2.19. The van der Waals surface area contributed by atoms with Gasteiger partial charge in [-0.05, 0) is 30.7 Å². The topological polar surface area (TPSA) is 69.8 Å². The Morgan fingerprint density at radius 3 is 3.00 bits per heavy atom. The SMILES string of the molecule is Cc1cccc(CNC(=O)Nc2ccc3cn[nH]c3c2)c1. The number of hydrogen-bond donors (Lipinski definition) is 3. The van der Waals surface area contributed by atoms with Crippen molar-refractivity contribution in [3.8, 4) is 0 Å². The number of nitrogens with zero attached hydrogens (tertiary/aromatic N) is 1. The van der Waals surface area contributed by atoms with E-state index in [4.69, 9.17) is 0 Å². The number of urea groups is 1. The Bertz CT molecular complexity index is 779. The molecule has 106 valence electrons. The molecule has 3 aromatic rings. The van der Waals surface area contributed by atoms with Crippen molar-refractivity contribution >= 4 is 22.6 Å². The summed E-state index contributed by atoms with van der Waals surface area (Å²) in [6, 6.07) is 13.4. The number of carbonyl (C=O) groups is 1. The van der Waals surface area contributed by atoms with E-state index in [1.807, 2.05) is 43.3 Å². The Morgan fingerprint density at radius 2 is 2.14 bits per heavy atom. The number of anilines is 1. The quantitative estimate of drug-likeness (QED) is 0.689. The summed E-state index contributed by atoms with van der Waals surface area (Å²) in [6.07, 6.45) is 1.75. The first-order valence-electron chi connectivity index (χ1n) is 6.74. The zero-order chi connectivity index (χ0) is 14.7. The number of H-pyrrole nitrogens is 1. The lowest BCUT2D eigenvalue weighted by Crippen LogP contribution is -2.28. The first-order chi connectivity index (χ1) is 10.2. The molecule has 0 unspecified atom stereocenters. The Labute approximate surface area is 122 Å². The van der Waals surface area contributed by atoms with Gasteiger partial charge >= 0.3 is 6.03 Å². The van der Waals surface area contributed by atoms with Gasteiger partial charge in [-0.2, -0.15) is 5.10 Å². The molecule has 0 spiro atoms. The van der Waals surface area contributed by atoms with Crippen LogP contribution in [0.15, 0.2) is 48.7 Å². The summed E-state index contributed by atoms with van der Waals surface area (Å²) in [4.78, 5) is 11.9. The van der Waals surface area contributed by atoms with Crippen LogP contribution in [0.5, 0.6) is 0 Å². The number of amides is 2. The Kier molecular flexibility index (Phi) is 3.55. The van der Waals surface area contributed by atoms with Crippen LogP contribution in [0.25, 0.3) is 10.9 Å². The van der Waals surface area contributed by atoms with Crippen LogP contribution in [0.3, 0.4) is 0 Å². The average Bonchev–Trinajstić information content (AvgIpc) is 2.93. The molecule has 2 amide bonds. The molecule has 5 heteroatoms. The summed E-state index contributed by atoms with van der Waals surface area (Å²) in [7, 11) is 0. The number of aromatic nitrogens is 2. The molecular weight excluding hydrogens is 264 g/mol. The monoisotopic (exact) mass is 280 g/mol. The fourth-order valence-corrected chi connectivity index (χ4v) is 2.19. The summed E-state index contributed by atoms with van der Waals surface area (Å²) in [6.45, 7) is 2.53. The predicted molar refractivity (Wildman–Crippen MR) is 83.1 cm³/mol. The van der Waals surface area contributed by atoms with Gasteiger partial charge in [0, 0.05) is 17.6 Å². The predicted octanol–water partition coefficient (Wildman–Crippen LogP) is 3.19. The molecule has 0 aliphatic carbocycles. The molecule has 0 fully saturated rings. The van der Waals surface area contributed by atoms with E-state index in [1.54, 1.807) is 6.20 Å². The van der Waals surface area contributed by atoms with Gasteiger partial charge in [0.1, 0.15) is 0 Å². The molecular formula is C16H16N4O. The van der Waals surface area contributed by atoms with Crippen molar-refractivity contribution in [1.29, 1.82) is 0 Å². The first-order valence-corrected chi connectivity index (χ1v) is 6.74. The molecule has 0 bridgehead atoms. The Hall–Kier alpha value is -2.82. The lowest BCUT2D eigenvalue weighted by atomic mass is 10.1. The largest absolute Gasteiger partial charge is 0.334 e. The molecule has 21 heavy (non-hydrogen) atoms. The highest BCUT2D eigenvalue weighted by Crippen LogP contribution is 2.16. The van der Waals surface area contributed by atoms with E-state index in [0.717, 1.165) is 22.2 Å². The van der Waals surface area contributed by atoms with Crippen LogP contribution < -0.4 is 10.6 Å². The number of rotatable bonds is 3. The van der Waals surface area contributed by atoms with E-state index in [9.17, 15) is 4.79 Å². The van der Waals surface area contributed by atoms with E-state index >= 15 is 0 Å². The molecule has 0 aliphatic rings. The van der Waals surface area contributed by atoms with Crippen molar-refractivity contribution in [1.82, 2.24) is 15.5 Å². The standard InChI is InChI=1S/C16H16N4O/c1-11-3-2-4-12(7-11)9-17-16(21)19-14-6-5-13-10-18-20-15(13)8-14/h2-8,10H,9H2,1H3,(H,18,20)(H2,17,19,21). The smallest absolute Gasteiger partial charge is 0.319 e. The van der Waals surface area contributed by atoms with Crippen molar-refractivity contribution in [2.75, 3.05) is 5.32 Å². The van der Waals surface area contributed by atoms with Crippen molar-refractivity contribution in [3.05, 3.63) is 59.8 Å². The third-order valence-electron chi connectivity index (χ3n) is 3.24. The maximum atomic E-state index is 11.9. The van der Waals surface area contributed by atoms with Gasteiger partial charge < -0.3 is 10.6 Å². The third kappa shape index (κ3) is 3.20. The maximum absolute atomic E-state index is 11.9. The highest BCUT2D eigenvalue weighted by molar-refractivity contribution is 5.92. The van der Waals surface area contributed by atoms with Crippen LogP contribution in [-0.2, 0) is 6.54 Å². The molecule has 1 heterocycles. The maximum Gasteiger partial charge on any atom is 0.319 e. The van der Waals surface area contributed by atoms with Gasteiger partial charge in [-0.15, -0.1) is 0 Å². The molecule has 3 N–H and O–H groups in total. The first kappa shape index (κ1) is 13.2. The van der Waals surface area contributed by atoms with E-state index < -0.39 is 0 Å². The highest BCUT2D eigenvalue weighted by atomic mass is 16.2. The van der Waals surface area contributed by atoms with Gasteiger partial charge in [0.2, 0.25) is 0 Å². The van der Waals surface area contributed by atoms with E-state index in [0.29, 0.717) is 6.54 Å². The van der Waals surface area contributed by atoms with Gasteiger partial charge in [-0.25, -0.2) is 4.79 Å². The van der Waals surface area contributed by atoms with Crippen molar-refractivity contribution in [2.45, 2.75) is 13.5 Å². The van der Waals surface area contributed by atoms with Crippen LogP contribution in [0.1, 0.15) is 11.1 Å². The molecule has 0 radical (unpaired) electrons. The highest BCUT2D eigenvalue weighted by Gasteiger charge is 2.03. The van der Waals surface area contributed by atoms with E-state index in [-0.39, 0.29) is 6.03 Å². The zero-order valence-corrected chi connectivity index (χ0v) is 11.7. The summed E-state index contributed by atoms with van der Waals surface area (Å²) in [5.74, 6) is 0. The van der Waals surface area contributed by atoms with Gasteiger partial charge in [0.15, 0.2) is 0 Å². The normalized spacial score (nSPS) is 10.5. The number of fused-ring (bicyclic) bond motifs is 1. The second kappa shape index (κ2) is 5.66. The molecule has 2 aromatic carbocycles. The summed E-state index contributed by atoms with van der Waals surface area (Å²) in [5.41, 5.74) is 3.88. The summed E-state index contributed by atoms with van der Waals surface area (Å²) in [5, 5.41) is 13.5. The van der Waals surface area contributed by atoms with E-state index in [1.165, 1.54) is 5.56 Å². The molecule has 0 saturated heterocycles. The number of hydrogen-bond acceptors (Lipinski definition) is 2. The number of aryl methyl sites for hydroxylation is 1. The van der Waals surface area contributed by atoms with Crippen LogP contribution in [0.4, 0.5) is 10.5 Å². The second-order valence-corrected chi connectivity index (χ2v) is 4.97. The summed E-state index contributed by atoms with van der Waals surface area (Å²) >= 11 is 0. The van der Waals surface area contributed by atoms with Crippen molar-refractivity contribution < 1.29 is 4.79 Å². The molecule has 0 atom stereocenters. The van der Waals surface area contributed by atoms with Crippen LogP contribution >= 0.6 is 0 Å². The Balaban J connectivity index is 1.60. The minimum absolute atomic E-state index is 0.227. The molecule has 5 nitrogen and oxygen atoms in total. The number of nitrogens with one attached hydrogen (secondary N) is 3. The van der Waals surface area contributed by atoms with Gasteiger partial charge in [0.25, 0.3) is 0 Å². The number of carbonyl (C=O) groups excluding carboxylic acids is 1. The summed E-state index contributed by atoms with van der Waals surface area (Å²) < 4.78 is 0. The second-order valence-electron chi connectivity index (χ2n) is 4.97. The van der Waals surface area contributed by atoms with Crippen LogP contribution in [0, 0.1) is 6.92 Å². The Morgan fingerprint density at radius 1 is 1.24 bits per heavy atom. The van der Waals surface area contributed by atoms with Crippen LogP contribution in [-0.4, -0.2) is 16.2 Å². The van der Waals surface area contributed by atoms with Gasteiger partial charge in [-0.3, -0.25) is 5.10 Å². The lowest BCUT2D eigenvalue weighted by Gasteiger charge is -2.08. The number of benzene rings is 2. The third-order valence-corrected chi connectivity index (χ3v) is 3.24. The van der Waals surface area contributed by atoms with Crippen molar-refractivity contribution in [3.63, 3.8) is 0 Å². The molecule has 3 rings (SSSR count). The molecule has 1 aromatic heterocycles. The molecule has 0 saturated carbocycles. The van der Waals surface area contributed by atoms with Gasteiger partial charge in [0.05, 0.1) is 11.7 Å². The minimum Gasteiger partial charge on any atom is -0.334 e. The fraction of sp³-hybridized carbons (Fsp3) is 0.125. The number of aromatic amines is 1. The van der Waals surface area contributed by atoms with Crippen LogP contribution in [0.2, 0.25) is 0 Å². The zero-order valence-electron chi connectivity index (χ0n) is 11.7. The lowest BCUT2D eigenvalue weighted by molar-refractivity contribution is 0.251.